The van der Waals surface area contributed by atoms with Crippen LogP contribution in [0.5, 0.6) is 23.3 Å². The standard InChI is InChI=1S/C14H15F3N4O2.C11H10F3N3O.C3H5NO/c1-3-19-13(22)21-8(2)6-12(20-21)23-9-4-5-11(18)10(7-9)14(15,16)17;1-6-4-10(17-16-6)18-7-2-3-9(15)8(5-7)11(12,13)14;1-2-4-3-5/h4-7H,3,18H2,1-2H3,(H,19,22);2-5H,15H2,1H3,(H,16,17);2H2,1H3. The van der Waals surface area contributed by atoms with Crippen LogP contribution in [0.3, 0.4) is 0 Å². The molecule has 2 aromatic carbocycles. The molecule has 2 heterocycles. The Balaban J connectivity index is 0.000000285. The Morgan fingerprint density at radius 1 is 0.913 bits per heavy atom. The van der Waals surface area contributed by atoms with Gasteiger partial charge in [0.2, 0.25) is 17.8 Å². The summed E-state index contributed by atoms with van der Waals surface area (Å²) in [5, 5.41) is 12.9. The van der Waals surface area contributed by atoms with Gasteiger partial charge < -0.3 is 26.3 Å². The summed E-state index contributed by atoms with van der Waals surface area (Å²) in [4.78, 5) is 24.0. The summed E-state index contributed by atoms with van der Waals surface area (Å²) in [5.41, 5.74) is 9.18. The fraction of sp³-hybridized carbons (Fsp3) is 0.286. The largest absolute Gasteiger partial charge is 0.438 e. The number of anilines is 2. The molecule has 0 unspecified atom stereocenters. The highest BCUT2D eigenvalue weighted by Crippen LogP contribution is 2.37. The van der Waals surface area contributed by atoms with Crippen molar-refractivity contribution < 1.29 is 45.4 Å². The highest BCUT2D eigenvalue weighted by Gasteiger charge is 2.34. The van der Waals surface area contributed by atoms with Crippen LogP contribution in [0.25, 0.3) is 0 Å². The number of nitrogens with two attached hydrogens (primary N) is 2. The number of hydrogen-bond acceptors (Lipinski definition) is 9. The van der Waals surface area contributed by atoms with Crippen LogP contribution in [-0.2, 0) is 17.1 Å². The van der Waals surface area contributed by atoms with Gasteiger partial charge in [0.05, 0.1) is 16.8 Å². The third kappa shape index (κ3) is 10.9. The van der Waals surface area contributed by atoms with Crippen molar-refractivity contribution >= 4 is 23.5 Å². The first-order chi connectivity index (χ1) is 21.5. The topological polar surface area (TPSA) is 176 Å². The fourth-order valence-corrected chi connectivity index (χ4v) is 3.37. The zero-order chi connectivity index (χ0) is 34.7. The minimum absolute atomic E-state index is 0.00616. The van der Waals surface area contributed by atoms with Crippen molar-refractivity contribution in [2.45, 2.75) is 40.0 Å². The summed E-state index contributed by atoms with van der Waals surface area (Å²) in [6, 6.07) is 9.11. The number of nitrogens with zero attached hydrogens (tertiary/aromatic N) is 4. The lowest BCUT2D eigenvalue weighted by Crippen LogP contribution is -2.29. The van der Waals surface area contributed by atoms with Crippen LogP contribution in [0.2, 0.25) is 0 Å². The number of aliphatic imine (C=N–C) groups is 1. The molecule has 0 atom stereocenters. The van der Waals surface area contributed by atoms with E-state index in [1.54, 1.807) is 33.8 Å². The second-order valence-electron chi connectivity index (χ2n) is 9.02. The number of aromatic amines is 1. The number of H-pyrrole nitrogens is 1. The van der Waals surface area contributed by atoms with Crippen LogP contribution in [0.4, 0.5) is 42.5 Å². The first-order valence-electron chi connectivity index (χ1n) is 13.2. The van der Waals surface area contributed by atoms with Gasteiger partial charge in [0.25, 0.3) is 0 Å². The van der Waals surface area contributed by atoms with Crippen LogP contribution in [0, 0.1) is 13.8 Å². The lowest BCUT2D eigenvalue weighted by molar-refractivity contribution is -0.137. The molecule has 4 aromatic rings. The Morgan fingerprint density at radius 3 is 1.83 bits per heavy atom. The molecular weight excluding hydrogens is 626 g/mol. The SMILES string of the molecule is CCN=C=O.CCNC(=O)n1nc(Oc2ccc(N)c(C(F)(F)F)c2)cc1C.Cc1cc(Oc2ccc(N)c(C(F)(F)F)c2)n[nH]1. The Labute approximate surface area is 258 Å². The summed E-state index contributed by atoms with van der Waals surface area (Å²) >= 11 is 0. The van der Waals surface area contributed by atoms with E-state index in [2.05, 4.69) is 25.6 Å². The van der Waals surface area contributed by atoms with Gasteiger partial charge in [-0.3, -0.25) is 5.10 Å². The average Bonchev–Trinajstić information content (AvgIpc) is 3.55. The average molecular weight is 657 g/mol. The molecule has 0 spiro atoms. The summed E-state index contributed by atoms with van der Waals surface area (Å²) in [5.74, 6) is 0.159. The predicted octanol–water partition coefficient (Wildman–Crippen LogP) is 6.62. The number of benzene rings is 2. The van der Waals surface area contributed by atoms with E-state index in [4.69, 9.17) is 25.7 Å². The van der Waals surface area contributed by atoms with Crippen molar-refractivity contribution in [3.8, 4) is 23.3 Å². The lowest BCUT2D eigenvalue weighted by Gasteiger charge is -2.11. The zero-order valence-corrected chi connectivity index (χ0v) is 24.9. The number of carbonyl (C=O) groups excluding carboxylic acids is 2. The number of nitrogens with one attached hydrogen (secondary N) is 2. The summed E-state index contributed by atoms with van der Waals surface area (Å²) in [6.07, 6.45) is -7.70. The van der Waals surface area contributed by atoms with E-state index in [0.717, 1.165) is 34.6 Å². The maximum absolute atomic E-state index is 12.8. The minimum Gasteiger partial charge on any atom is -0.438 e. The van der Waals surface area contributed by atoms with Crippen LogP contribution in [0.15, 0.2) is 53.5 Å². The van der Waals surface area contributed by atoms with E-state index >= 15 is 0 Å². The van der Waals surface area contributed by atoms with E-state index in [9.17, 15) is 31.1 Å². The van der Waals surface area contributed by atoms with E-state index in [1.807, 2.05) is 0 Å². The van der Waals surface area contributed by atoms with Crippen LogP contribution in [0.1, 0.15) is 36.4 Å². The van der Waals surface area contributed by atoms with Crippen LogP contribution < -0.4 is 26.3 Å². The molecule has 0 aliphatic carbocycles. The fourth-order valence-electron chi connectivity index (χ4n) is 3.37. The first kappa shape index (κ1) is 36.7. The van der Waals surface area contributed by atoms with Crippen molar-refractivity contribution in [2.75, 3.05) is 24.6 Å². The number of aromatic nitrogens is 4. The minimum atomic E-state index is -4.58. The third-order valence-electron chi connectivity index (χ3n) is 5.40. The number of halogens is 6. The maximum Gasteiger partial charge on any atom is 0.418 e. The smallest absolute Gasteiger partial charge is 0.418 e. The van der Waals surface area contributed by atoms with E-state index in [-0.39, 0.29) is 28.9 Å². The van der Waals surface area contributed by atoms with E-state index in [0.29, 0.717) is 18.8 Å². The molecule has 2 aromatic heterocycles. The highest BCUT2D eigenvalue weighted by molar-refractivity contribution is 5.76. The second-order valence-corrected chi connectivity index (χ2v) is 9.02. The molecule has 46 heavy (non-hydrogen) atoms. The molecule has 0 radical (unpaired) electrons. The molecule has 0 fully saturated rings. The van der Waals surface area contributed by atoms with Crippen LogP contribution >= 0.6 is 0 Å². The summed E-state index contributed by atoms with van der Waals surface area (Å²) < 4.78 is 87.9. The van der Waals surface area contributed by atoms with Crippen molar-refractivity contribution in [1.29, 1.82) is 0 Å². The molecule has 12 nitrogen and oxygen atoms in total. The van der Waals surface area contributed by atoms with Crippen molar-refractivity contribution in [3.63, 3.8) is 0 Å². The highest BCUT2D eigenvalue weighted by atomic mass is 19.4. The van der Waals surface area contributed by atoms with Gasteiger partial charge in [-0.1, -0.05) is 0 Å². The van der Waals surface area contributed by atoms with Gasteiger partial charge in [-0.2, -0.15) is 31.0 Å². The predicted molar refractivity (Wildman–Crippen MR) is 155 cm³/mol. The Bertz CT molecular complexity index is 1660. The third-order valence-corrected chi connectivity index (χ3v) is 5.40. The monoisotopic (exact) mass is 656 g/mol. The lowest BCUT2D eigenvalue weighted by atomic mass is 10.1. The molecule has 0 saturated heterocycles. The van der Waals surface area contributed by atoms with E-state index in [1.165, 1.54) is 24.3 Å². The molecule has 0 saturated carbocycles. The molecule has 0 aliphatic heterocycles. The number of ether oxygens (including phenoxy) is 2. The first-order valence-corrected chi connectivity index (χ1v) is 13.2. The summed E-state index contributed by atoms with van der Waals surface area (Å²) in [6.45, 7) is 7.88. The number of amides is 1. The normalized spacial score (nSPS) is 10.8. The summed E-state index contributed by atoms with van der Waals surface area (Å²) in [7, 11) is 0. The number of aryl methyl sites for hydroxylation is 2. The molecule has 6 N–H and O–H groups in total. The Kier molecular flexibility index (Phi) is 12.7. The number of rotatable bonds is 6. The molecule has 0 aliphatic rings. The number of hydrogen-bond donors (Lipinski definition) is 4. The van der Waals surface area contributed by atoms with Crippen molar-refractivity contribution in [3.05, 3.63) is 71.0 Å². The second kappa shape index (κ2) is 16.0. The molecule has 248 valence electrons. The number of nitrogen functional groups attached to an aromatic ring is 2. The van der Waals surface area contributed by atoms with Gasteiger partial charge in [-0.25, -0.2) is 14.6 Å². The van der Waals surface area contributed by atoms with Gasteiger partial charge in [-0.15, -0.1) is 10.2 Å². The van der Waals surface area contributed by atoms with Gasteiger partial charge >= 0.3 is 18.4 Å². The number of carbonyl (C=O) groups is 1. The van der Waals surface area contributed by atoms with Crippen molar-refractivity contribution in [1.82, 2.24) is 25.3 Å². The maximum atomic E-state index is 12.8. The van der Waals surface area contributed by atoms with Gasteiger partial charge in [-0.05, 0) is 64.1 Å². The number of isocyanates is 1. The quantitative estimate of drug-likeness (QED) is 0.0775. The molecule has 4 rings (SSSR count). The Morgan fingerprint density at radius 2 is 1.43 bits per heavy atom. The number of alkyl halides is 6. The molecule has 1 amide bonds. The molecule has 0 bridgehead atoms. The van der Waals surface area contributed by atoms with Crippen molar-refractivity contribution in [2.24, 2.45) is 4.99 Å². The van der Waals surface area contributed by atoms with E-state index < -0.39 is 35.2 Å². The van der Waals surface area contributed by atoms with Crippen LogP contribution in [-0.4, -0.2) is 45.2 Å². The zero-order valence-electron chi connectivity index (χ0n) is 24.9. The van der Waals surface area contributed by atoms with Gasteiger partial charge in [0.15, 0.2) is 0 Å². The molecule has 18 heteroatoms. The Hall–Kier alpha value is -5.51. The molecular formula is C28H30F6N8O4. The van der Waals surface area contributed by atoms with Gasteiger partial charge in [0.1, 0.15) is 11.5 Å². The van der Waals surface area contributed by atoms with Gasteiger partial charge in [0, 0.05) is 42.3 Å².